The molecule has 0 aliphatic rings. The average Bonchev–Trinajstić information content (AvgIpc) is 2.51. The van der Waals surface area contributed by atoms with E-state index < -0.39 is 0 Å². The van der Waals surface area contributed by atoms with Crippen LogP contribution in [-0.4, -0.2) is 22.4 Å². The van der Waals surface area contributed by atoms with Crippen molar-refractivity contribution in [3.05, 3.63) is 47.4 Å². The molecule has 0 spiro atoms. The van der Waals surface area contributed by atoms with Crippen LogP contribution < -0.4 is 10.6 Å². The van der Waals surface area contributed by atoms with E-state index in [9.17, 15) is 4.79 Å². The number of carbonyl (C=O) groups excluding carboxylic acids is 1. The van der Waals surface area contributed by atoms with Crippen LogP contribution in [-0.2, 0) is 0 Å². The minimum Gasteiger partial charge on any atom is -0.351 e. The lowest BCUT2D eigenvalue weighted by Crippen LogP contribution is -2.26. The standard InChI is InChI=1S/C18H24N4O/c1-12(2)8-9-19-18(23)15-10-16(21-11-20-15)22-17-13(3)6-5-7-14(17)4/h5-7,10-12H,8-9H2,1-4H3,(H,19,23)(H,20,21,22). The number of aromatic nitrogens is 2. The molecule has 0 unspecified atom stereocenters. The van der Waals surface area contributed by atoms with Gasteiger partial charge < -0.3 is 10.6 Å². The topological polar surface area (TPSA) is 66.9 Å². The number of aryl methyl sites for hydroxylation is 2. The molecular weight excluding hydrogens is 288 g/mol. The summed E-state index contributed by atoms with van der Waals surface area (Å²) in [5.74, 6) is 1.01. The molecule has 0 aliphatic carbocycles. The van der Waals surface area contributed by atoms with Crippen LogP contribution in [0.1, 0.15) is 41.9 Å². The highest BCUT2D eigenvalue weighted by Crippen LogP contribution is 2.23. The summed E-state index contributed by atoms with van der Waals surface area (Å²) in [5.41, 5.74) is 3.65. The van der Waals surface area contributed by atoms with Crippen molar-refractivity contribution >= 4 is 17.4 Å². The highest BCUT2D eigenvalue weighted by molar-refractivity contribution is 5.93. The van der Waals surface area contributed by atoms with E-state index in [1.54, 1.807) is 6.07 Å². The normalized spacial score (nSPS) is 10.7. The van der Waals surface area contributed by atoms with Crippen LogP contribution in [0.25, 0.3) is 0 Å². The Morgan fingerprint density at radius 3 is 2.52 bits per heavy atom. The molecule has 0 saturated heterocycles. The number of benzene rings is 1. The maximum Gasteiger partial charge on any atom is 0.270 e. The van der Waals surface area contributed by atoms with Gasteiger partial charge >= 0.3 is 0 Å². The second-order valence-electron chi connectivity index (χ2n) is 6.12. The van der Waals surface area contributed by atoms with Crippen molar-refractivity contribution < 1.29 is 4.79 Å². The van der Waals surface area contributed by atoms with Crippen molar-refractivity contribution in [2.45, 2.75) is 34.1 Å². The lowest BCUT2D eigenvalue weighted by Gasteiger charge is -2.12. The van der Waals surface area contributed by atoms with Crippen LogP contribution in [0.3, 0.4) is 0 Å². The van der Waals surface area contributed by atoms with Gasteiger partial charge in [-0.2, -0.15) is 0 Å². The Bertz CT molecular complexity index is 662. The minimum absolute atomic E-state index is 0.169. The first-order valence-electron chi connectivity index (χ1n) is 7.91. The summed E-state index contributed by atoms with van der Waals surface area (Å²) in [7, 11) is 0. The summed E-state index contributed by atoms with van der Waals surface area (Å²) in [5, 5.41) is 6.17. The number of nitrogens with zero attached hydrogens (tertiary/aromatic N) is 2. The van der Waals surface area contributed by atoms with Gasteiger partial charge in [0.15, 0.2) is 0 Å². The van der Waals surface area contributed by atoms with Gasteiger partial charge in [-0.05, 0) is 37.3 Å². The van der Waals surface area contributed by atoms with Gasteiger partial charge in [-0.1, -0.05) is 32.0 Å². The first kappa shape index (κ1) is 16.9. The molecule has 2 aromatic rings. The number of nitrogens with one attached hydrogen (secondary N) is 2. The summed E-state index contributed by atoms with van der Waals surface area (Å²) < 4.78 is 0. The molecule has 0 saturated carbocycles. The number of hydrogen-bond acceptors (Lipinski definition) is 4. The second kappa shape index (κ2) is 7.72. The maximum atomic E-state index is 12.1. The van der Waals surface area contributed by atoms with Crippen LogP contribution in [0.2, 0.25) is 0 Å². The van der Waals surface area contributed by atoms with E-state index in [1.807, 2.05) is 32.0 Å². The number of rotatable bonds is 6. The monoisotopic (exact) mass is 312 g/mol. The predicted octanol–water partition coefficient (Wildman–Crippen LogP) is 3.61. The number of anilines is 2. The Kier molecular flexibility index (Phi) is 5.68. The lowest BCUT2D eigenvalue weighted by atomic mass is 10.1. The molecule has 122 valence electrons. The Labute approximate surface area is 137 Å². The summed E-state index contributed by atoms with van der Waals surface area (Å²) in [6.45, 7) is 8.99. The SMILES string of the molecule is Cc1cccc(C)c1Nc1cc(C(=O)NCCC(C)C)ncn1. The zero-order valence-corrected chi connectivity index (χ0v) is 14.2. The molecule has 23 heavy (non-hydrogen) atoms. The van der Waals surface area contributed by atoms with Crippen LogP contribution in [0.5, 0.6) is 0 Å². The van der Waals surface area contributed by atoms with Gasteiger partial charge in [-0.15, -0.1) is 0 Å². The fourth-order valence-corrected chi connectivity index (χ4v) is 2.25. The second-order valence-corrected chi connectivity index (χ2v) is 6.12. The van der Waals surface area contributed by atoms with Crippen LogP contribution in [0, 0.1) is 19.8 Å². The van der Waals surface area contributed by atoms with Gasteiger partial charge in [-0.3, -0.25) is 4.79 Å². The molecule has 1 aromatic carbocycles. The smallest absolute Gasteiger partial charge is 0.270 e. The maximum absolute atomic E-state index is 12.1. The Balaban J connectivity index is 2.09. The molecule has 0 bridgehead atoms. The summed E-state index contributed by atoms with van der Waals surface area (Å²) >= 11 is 0. The van der Waals surface area contributed by atoms with Crippen molar-refractivity contribution in [3.63, 3.8) is 0 Å². The first-order valence-corrected chi connectivity index (χ1v) is 7.91. The predicted molar refractivity (Wildman–Crippen MR) is 93.0 cm³/mol. The molecule has 0 aliphatic heterocycles. The molecule has 5 nitrogen and oxygen atoms in total. The van der Waals surface area contributed by atoms with Gasteiger partial charge in [0.05, 0.1) is 0 Å². The quantitative estimate of drug-likeness (QED) is 0.855. The summed E-state index contributed by atoms with van der Waals surface area (Å²) in [4.78, 5) is 20.4. The van der Waals surface area contributed by atoms with E-state index >= 15 is 0 Å². The van der Waals surface area contributed by atoms with Crippen LogP contribution >= 0.6 is 0 Å². The first-order chi connectivity index (χ1) is 11.0. The Morgan fingerprint density at radius 1 is 1.17 bits per heavy atom. The van der Waals surface area contributed by atoms with Crippen molar-refractivity contribution in [2.24, 2.45) is 5.92 Å². The lowest BCUT2D eigenvalue weighted by molar-refractivity contribution is 0.0947. The zero-order valence-electron chi connectivity index (χ0n) is 14.2. The molecule has 5 heteroatoms. The summed E-state index contributed by atoms with van der Waals surface area (Å²) in [6, 6.07) is 7.77. The number of hydrogen-bond donors (Lipinski definition) is 2. The van der Waals surface area contributed by atoms with Crippen molar-refractivity contribution in [1.82, 2.24) is 15.3 Å². The fourth-order valence-electron chi connectivity index (χ4n) is 2.25. The average molecular weight is 312 g/mol. The third-order valence-corrected chi connectivity index (χ3v) is 3.64. The van der Waals surface area contributed by atoms with Gasteiger partial charge in [0.1, 0.15) is 17.8 Å². The third-order valence-electron chi connectivity index (χ3n) is 3.64. The van der Waals surface area contributed by atoms with E-state index in [-0.39, 0.29) is 5.91 Å². The van der Waals surface area contributed by atoms with Crippen molar-refractivity contribution in [1.29, 1.82) is 0 Å². The molecule has 2 N–H and O–H groups in total. The van der Waals surface area contributed by atoms with Crippen molar-refractivity contribution in [3.8, 4) is 0 Å². The molecule has 0 atom stereocenters. The molecule has 1 heterocycles. The van der Waals surface area contributed by atoms with Crippen LogP contribution in [0.15, 0.2) is 30.6 Å². The molecule has 1 aromatic heterocycles. The number of para-hydroxylation sites is 1. The third kappa shape index (κ3) is 4.77. The Hall–Kier alpha value is -2.43. The van der Waals surface area contributed by atoms with E-state index in [4.69, 9.17) is 0 Å². The van der Waals surface area contributed by atoms with Gasteiger partial charge in [0, 0.05) is 18.3 Å². The highest BCUT2D eigenvalue weighted by atomic mass is 16.1. The summed E-state index contributed by atoms with van der Waals surface area (Å²) in [6.07, 6.45) is 2.36. The Morgan fingerprint density at radius 2 is 1.87 bits per heavy atom. The number of amides is 1. The van der Waals surface area contributed by atoms with Gasteiger partial charge in [0.2, 0.25) is 0 Å². The van der Waals surface area contributed by atoms with Gasteiger partial charge in [-0.25, -0.2) is 9.97 Å². The largest absolute Gasteiger partial charge is 0.351 e. The number of carbonyl (C=O) groups is 1. The molecule has 0 fully saturated rings. The van der Waals surface area contributed by atoms with Crippen molar-refractivity contribution in [2.75, 3.05) is 11.9 Å². The minimum atomic E-state index is -0.169. The molecule has 1 amide bonds. The zero-order chi connectivity index (χ0) is 16.8. The fraction of sp³-hybridized carbons (Fsp3) is 0.389. The van der Waals surface area contributed by atoms with E-state index in [1.165, 1.54) is 6.33 Å². The van der Waals surface area contributed by atoms with Gasteiger partial charge in [0.25, 0.3) is 5.91 Å². The molecule has 0 radical (unpaired) electrons. The van der Waals surface area contributed by atoms with E-state index in [0.29, 0.717) is 24.0 Å². The van der Waals surface area contributed by atoms with Crippen LogP contribution in [0.4, 0.5) is 11.5 Å². The molecule has 2 rings (SSSR count). The van der Waals surface area contributed by atoms with E-state index in [2.05, 4.69) is 34.4 Å². The van der Waals surface area contributed by atoms with E-state index in [0.717, 1.165) is 23.2 Å². The molecular formula is C18H24N4O. The highest BCUT2D eigenvalue weighted by Gasteiger charge is 2.10.